The second-order valence-electron chi connectivity index (χ2n) is 6.86. The molecule has 3 rings (SSSR count). The van der Waals surface area contributed by atoms with Crippen LogP contribution in [-0.4, -0.2) is 28.2 Å². The Morgan fingerprint density at radius 1 is 1.14 bits per heavy atom. The molecule has 1 aliphatic carbocycles. The van der Waals surface area contributed by atoms with Gasteiger partial charge in [-0.15, -0.1) is 11.8 Å². The van der Waals surface area contributed by atoms with E-state index < -0.39 is 0 Å². The summed E-state index contributed by atoms with van der Waals surface area (Å²) < 4.78 is 0. The quantitative estimate of drug-likeness (QED) is 0.694. The van der Waals surface area contributed by atoms with Gasteiger partial charge >= 0.3 is 0 Å². The molecule has 1 aromatic heterocycles. The molecule has 2 heterocycles. The predicted molar refractivity (Wildman–Crippen MR) is 95.4 cm³/mol. The van der Waals surface area contributed by atoms with Gasteiger partial charge in [0, 0.05) is 17.5 Å². The highest BCUT2D eigenvalue weighted by Crippen LogP contribution is 2.35. The number of likely N-dealkylation sites (tertiary alicyclic amines) is 1. The van der Waals surface area contributed by atoms with Gasteiger partial charge in [-0.3, -0.25) is 4.90 Å². The third kappa shape index (κ3) is 4.26. The molecule has 2 aliphatic rings. The minimum atomic E-state index is 0.618. The fourth-order valence-electron chi connectivity index (χ4n) is 3.84. The van der Waals surface area contributed by atoms with Crippen molar-refractivity contribution in [2.24, 2.45) is 0 Å². The van der Waals surface area contributed by atoms with Crippen LogP contribution in [0.1, 0.15) is 76.3 Å². The molecule has 1 saturated carbocycles. The Bertz CT molecular complexity index is 439. The van der Waals surface area contributed by atoms with E-state index in [1.807, 2.05) is 11.8 Å². The highest BCUT2D eigenvalue weighted by molar-refractivity contribution is 7.99. The van der Waals surface area contributed by atoms with Crippen molar-refractivity contribution in [2.75, 3.05) is 13.1 Å². The Morgan fingerprint density at radius 3 is 2.73 bits per heavy atom. The Labute approximate surface area is 140 Å². The number of nitrogens with zero attached hydrogens (tertiary/aromatic N) is 2. The van der Waals surface area contributed by atoms with Crippen molar-refractivity contribution >= 4 is 11.8 Å². The van der Waals surface area contributed by atoms with Gasteiger partial charge < -0.3 is 0 Å². The maximum Gasteiger partial charge on any atom is 0.0962 e. The Kier molecular flexibility index (Phi) is 6.20. The van der Waals surface area contributed by atoms with Crippen molar-refractivity contribution in [1.82, 2.24) is 9.88 Å². The maximum atomic E-state index is 4.77. The lowest BCUT2D eigenvalue weighted by atomic mass is 10.0. The SMILES string of the molecule is CCCCN1CCCC1c1ccc(SC2CCCCC2)nc1. The number of pyridine rings is 1. The van der Waals surface area contributed by atoms with Crippen LogP contribution >= 0.6 is 11.8 Å². The maximum absolute atomic E-state index is 4.77. The van der Waals surface area contributed by atoms with Gasteiger partial charge in [-0.25, -0.2) is 4.98 Å². The van der Waals surface area contributed by atoms with Crippen molar-refractivity contribution in [3.63, 3.8) is 0 Å². The standard InChI is InChI=1S/C19H30N2S/c1-2-3-13-21-14-7-10-18(21)16-11-12-19(20-15-16)22-17-8-5-4-6-9-17/h11-12,15,17-18H,2-10,13-14H2,1H3. The highest BCUT2D eigenvalue weighted by Gasteiger charge is 2.25. The van der Waals surface area contributed by atoms with E-state index >= 15 is 0 Å². The second kappa shape index (κ2) is 8.35. The molecule has 1 aromatic rings. The molecule has 0 amide bonds. The van der Waals surface area contributed by atoms with E-state index in [0.29, 0.717) is 6.04 Å². The molecule has 0 spiro atoms. The van der Waals surface area contributed by atoms with Gasteiger partial charge in [0.05, 0.1) is 5.03 Å². The average molecular weight is 319 g/mol. The lowest BCUT2D eigenvalue weighted by Gasteiger charge is -2.25. The Morgan fingerprint density at radius 2 is 2.00 bits per heavy atom. The lowest BCUT2D eigenvalue weighted by Crippen LogP contribution is -2.24. The van der Waals surface area contributed by atoms with E-state index in [1.165, 1.54) is 81.5 Å². The van der Waals surface area contributed by atoms with Crippen LogP contribution in [-0.2, 0) is 0 Å². The predicted octanol–water partition coefficient (Wildman–Crippen LogP) is 5.44. The van der Waals surface area contributed by atoms with E-state index in [2.05, 4.69) is 30.2 Å². The van der Waals surface area contributed by atoms with Gasteiger partial charge in [0.1, 0.15) is 0 Å². The van der Waals surface area contributed by atoms with Crippen LogP contribution < -0.4 is 0 Å². The first kappa shape index (κ1) is 16.3. The highest BCUT2D eigenvalue weighted by atomic mass is 32.2. The molecule has 0 radical (unpaired) electrons. The van der Waals surface area contributed by atoms with Gasteiger partial charge in [-0.05, 0) is 56.8 Å². The van der Waals surface area contributed by atoms with Crippen molar-refractivity contribution in [1.29, 1.82) is 0 Å². The van der Waals surface area contributed by atoms with E-state index in [9.17, 15) is 0 Å². The molecule has 1 unspecified atom stereocenters. The van der Waals surface area contributed by atoms with Crippen LogP contribution in [0, 0.1) is 0 Å². The molecule has 0 aromatic carbocycles. The van der Waals surface area contributed by atoms with E-state index in [1.54, 1.807) is 0 Å². The zero-order chi connectivity index (χ0) is 15.2. The molecule has 1 saturated heterocycles. The fourth-order valence-corrected chi connectivity index (χ4v) is 5.02. The lowest BCUT2D eigenvalue weighted by molar-refractivity contribution is 0.253. The van der Waals surface area contributed by atoms with E-state index in [-0.39, 0.29) is 0 Å². The van der Waals surface area contributed by atoms with Gasteiger partial charge in [-0.2, -0.15) is 0 Å². The normalized spacial score (nSPS) is 24.0. The first-order valence-corrected chi connectivity index (χ1v) is 10.1. The summed E-state index contributed by atoms with van der Waals surface area (Å²) in [4.78, 5) is 7.43. The Balaban J connectivity index is 1.58. The van der Waals surface area contributed by atoms with Crippen LogP contribution in [0.25, 0.3) is 0 Å². The molecule has 22 heavy (non-hydrogen) atoms. The minimum Gasteiger partial charge on any atom is -0.296 e. The zero-order valence-corrected chi connectivity index (χ0v) is 14.8. The number of hydrogen-bond donors (Lipinski definition) is 0. The largest absolute Gasteiger partial charge is 0.296 e. The second-order valence-corrected chi connectivity index (χ2v) is 8.18. The van der Waals surface area contributed by atoms with Crippen LogP contribution in [0.3, 0.4) is 0 Å². The van der Waals surface area contributed by atoms with Gasteiger partial charge in [0.25, 0.3) is 0 Å². The summed E-state index contributed by atoms with van der Waals surface area (Å²) in [6, 6.07) is 5.23. The summed E-state index contributed by atoms with van der Waals surface area (Å²) in [6.45, 7) is 4.80. The van der Waals surface area contributed by atoms with Gasteiger partial charge in [0.15, 0.2) is 0 Å². The summed E-state index contributed by atoms with van der Waals surface area (Å²) in [5.74, 6) is 0. The minimum absolute atomic E-state index is 0.618. The van der Waals surface area contributed by atoms with Crippen molar-refractivity contribution < 1.29 is 0 Å². The van der Waals surface area contributed by atoms with Crippen molar-refractivity contribution in [3.8, 4) is 0 Å². The molecule has 0 bridgehead atoms. The van der Waals surface area contributed by atoms with Gasteiger partial charge in [0.2, 0.25) is 0 Å². The number of unbranched alkanes of at least 4 members (excludes halogenated alkanes) is 1. The van der Waals surface area contributed by atoms with Crippen molar-refractivity contribution in [2.45, 2.75) is 81.0 Å². The van der Waals surface area contributed by atoms with Crippen LogP contribution in [0.4, 0.5) is 0 Å². The molecule has 3 heteroatoms. The number of aromatic nitrogens is 1. The monoisotopic (exact) mass is 318 g/mol. The molecule has 2 fully saturated rings. The van der Waals surface area contributed by atoms with E-state index in [4.69, 9.17) is 4.98 Å². The first-order valence-electron chi connectivity index (χ1n) is 9.23. The smallest absolute Gasteiger partial charge is 0.0962 e. The number of hydrogen-bond acceptors (Lipinski definition) is 3. The summed E-state index contributed by atoms with van der Waals surface area (Å²) in [6.07, 6.45) is 14.4. The first-order chi connectivity index (χ1) is 10.9. The van der Waals surface area contributed by atoms with Gasteiger partial charge in [-0.1, -0.05) is 38.7 Å². The summed E-state index contributed by atoms with van der Waals surface area (Å²) in [7, 11) is 0. The number of rotatable bonds is 6. The summed E-state index contributed by atoms with van der Waals surface area (Å²) in [5, 5.41) is 2.04. The zero-order valence-electron chi connectivity index (χ0n) is 14.0. The molecule has 1 atom stereocenters. The average Bonchev–Trinajstić information content (AvgIpc) is 3.03. The molecular formula is C19H30N2S. The topological polar surface area (TPSA) is 16.1 Å². The molecular weight excluding hydrogens is 288 g/mol. The third-order valence-electron chi connectivity index (χ3n) is 5.15. The fraction of sp³-hybridized carbons (Fsp3) is 0.737. The van der Waals surface area contributed by atoms with Crippen LogP contribution in [0.5, 0.6) is 0 Å². The Hall–Kier alpha value is -0.540. The molecule has 122 valence electrons. The van der Waals surface area contributed by atoms with Crippen LogP contribution in [0.2, 0.25) is 0 Å². The third-order valence-corrected chi connectivity index (χ3v) is 6.43. The summed E-state index contributed by atoms with van der Waals surface area (Å²) >= 11 is 2.01. The van der Waals surface area contributed by atoms with E-state index in [0.717, 1.165) is 5.25 Å². The van der Waals surface area contributed by atoms with Crippen LogP contribution in [0.15, 0.2) is 23.4 Å². The molecule has 2 nitrogen and oxygen atoms in total. The molecule has 0 N–H and O–H groups in total. The molecule has 1 aliphatic heterocycles. The number of thioether (sulfide) groups is 1. The summed E-state index contributed by atoms with van der Waals surface area (Å²) in [5.41, 5.74) is 1.43. The van der Waals surface area contributed by atoms with Crippen molar-refractivity contribution in [3.05, 3.63) is 23.9 Å².